The Kier molecular flexibility index (Phi) is 4.93. The van der Waals surface area contributed by atoms with Gasteiger partial charge in [-0.2, -0.15) is 0 Å². The summed E-state index contributed by atoms with van der Waals surface area (Å²) in [5.41, 5.74) is 0. The standard InChI is InChI=1S/C11H28N2/c1-7-13(5,6)11-9-8-10-12(2,3)4/h7-11H2,1-6H3/q+2. The summed E-state index contributed by atoms with van der Waals surface area (Å²) in [6.45, 7) is 6.12. The SMILES string of the molecule is CC[N+](C)(C)CCCC[N+](C)(C)C. The van der Waals surface area contributed by atoms with Gasteiger partial charge in [0, 0.05) is 12.8 Å². The maximum Gasteiger partial charge on any atom is 0.0784 e. The zero-order valence-corrected chi connectivity index (χ0v) is 10.4. The molecule has 0 fully saturated rings. The second-order valence-electron chi connectivity index (χ2n) is 5.70. The molecule has 0 radical (unpaired) electrons. The predicted molar refractivity (Wildman–Crippen MR) is 59.6 cm³/mol. The van der Waals surface area contributed by atoms with Gasteiger partial charge >= 0.3 is 0 Å². The number of quaternary nitrogens is 2. The molecule has 0 heterocycles. The fourth-order valence-electron chi connectivity index (χ4n) is 1.28. The topological polar surface area (TPSA) is 0 Å². The minimum Gasteiger partial charge on any atom is -0.331 e. The van der Waals surface area contributed by atoms with Crippen molar-refractivity contribution >= 4 is 0 Å². The van der Waals surface area contributed by atoms with E-state index in [1.807, 2.05) is 0 Å². The number of unbranched alkanes of at least 4 members (excludes halogenated alkanes) is 1. The molecule has 13 heavy (non-hydrogen) atoms. The third-order valence-electron chi connectivity index (χ3n) is 2.70. The molecule has 2 nitrogen and oxygen atoms in total. The van der Waals surface area contributed by atoms with E-state index < -0.39 is 0 Å². The van der Waals surface area contributed by atoms with E-state index in [2.05, 4.69) is 42.2 Å². The molecule has 0 aliphatic carbocycles. The molecular formula is C11H28N2+2. The lowest BCUT2D eigenvalue weighted by Gasteiger charge is -2.29. The van der Waals surface area contributed by atoms with Gasteiger partial charge < -0.3 is 8.97 Å². The van der Waals surface area contributed by atoms with Crippen molar-refractivity contribution in [2.45, 2.75) is 19.8 Å². The molecular weight excluding hydrogens is 160 g/mol. The summed E-state index contributed by atoms with van der Waals surface area (Å²) in [5, 5.41) is 0. The Morgan fingerprint density at radius 2 is 1.23 bits per heavy atom. The van der Waals surface area contributed by atoms with Gasteiger partial charge in [0.1, 0.15) is 0 Å². The lowest BCUT2D eigenvalue weighted by Crippen LogP contribution is -2.41. The number of hydrogen-bond donors (Lipinski definition) is 0. The minimum absolute atomic E-state index is 1.10. The Labute approximate surface area is 84.3 Å². The molecule has 0 spiro atoms. The Hall–Kier alpha value is -0.0800. The van der Waals surface area contributed by atoms with Gasteiger partial charge in [-0.3, -0.25) is 0 Å². The Morgan fingerprint density at radius 3 is 1.62 bits per heavy atom. The van der Waals surface area contributed by atoms with Crippen molar-refractivity contribution in [1.82, 2.24) is 0 Å². The molecule has 0 rings (SSSR count). The van der Waals surface area contributed by atoms with Gasteiger partial charge in [-0.05, 0) is 6.92 Å². The van der Waals surface area contributed by atoms with Gasteiger partial charge in [0.2, 0.25) is 0 Å². The first-order valence-corrected chi connectivity index (χ1v) is 5.39. The largest absolute Gasteiger partial charge is 0.331 e. The molecule has 0 aliphatic rings. The van der Waals surface area contributed by atoms with E-state index in [9.17, 15) is 0 Å². The fourth-order valence-corrected chi connectivity index (χ4v) is 1.28. The fraction of sp³-hybridized carbons (Fsp3) is 1.00. The van der Waals surface area contributed by atoms with Crippen LogP contribution in [0.1, 0.15) is 19.8 Å². The molecule has 0 aliphatic heterocycles. The molecule has 0 aromatic heterocycles. The van der Waals surface area contributed by atoms with E-state index in [4.69, 9.17) is 0 Å². The third-order valence-corrected chi connectivity index (χ3v) is 2.70. The van der Waals surface area contributed by atoms with Crippen molar-refractivity contribution in [3.05, 3.63) is 0 Å². The van der Waals surface area contributed by atoms with Crippen molar-refractivity contribution in [2.75, 3.05) is 54.9 Å². The Balaban J connectivity index is 3.47. The molecule has 80 valence electrons. The Bertz CT molecular complexity index is 134. The molecule has 0 atom stereocenters. The zero-order chi connectivity index (χ0) is 10.5. The highest BCUT2D eigenvalue weighted by molar-refractivity contribution is 4.38. The van der Waals surface area contributed by atoms with Crippen LogP contribution in [0.15, 0.2) is 0 Å². The van der Waals surface area contributed by atoms with E-state index >= 15 is 0 Å². The van der Waals surface area contributed by atoms with Crippen molar-refractivity contribution in [3.8, 4) is 0 Å². The van der Waals surface area contributed by atoms with Gasteiger partial charge in [-0.15, -0.1) is 0 Å². The number of hydrogen-bond acceptors (Lipinski definition) is 0. The van der Waals surface area contributed by atoms with E-state index in [-0.39, 0.29) is 0 Å². The van der Waals surface area contributed by atoms with Crippen LogP contribution in [-0.2, 0) is 0 Å². The third kappa shape index (κ3) is 8.26. The second-order valence-corrected chi connectivity index (χ2v) is 5.70. The van der Waals surface area contributed by atoms with E-state index in [0.717, 1.165) is 8.97 Å². The van der Waals surface area contributed by atoms with Crippen LogP contribution in [0.2, 0.25) is 0 Å². The van der Waals surface area contributed by atoms with Crippen LogP contribution in [0.5, 0.6) is 0 Å². The van der Waals surface area contributed by atoms with Gasteiger partial charge in [0.25, 0.3) is 0 Å². The first-order valence-electron chi connectivity index (χ1n) is 5.39. The average molecular weight is 188 g/mol. The van der Waals surface area contributed by atoms with Gasteiger partial charge in [-0.25, -0.2) is 0 Å². The van der Waals surface area contributed by atoms with Gasteiger partial charge in [0.05, 0.1) is 54.9 Å². The van der Waals surface area contributed by atoms with Crippen molar-refractivity contribution in [2.24, 2.45) is 0 Å². The normalized spacial score (nSPS) is 13.4. The summed E-state index contributed by atoms with van der Waals surface area (Å²) in [6.07, 6.45) is 2.71. The summed E-state index contributed by atoms with van der Waals surface area (Å²) in [6, 6.07) is 0. The first kappa shape index (κ1) is 12.9. The Morgan fingerprint density at radius 1 is 0.769 bits per heavy atom. The van der Waals surface area contributed by atoms with Gasteiger partial charge in [-0.1, -0.05) is 0 Å². The highest BCUT2D eigenvalue weighted by Gasteiger charge is 2.12. The zero-order valence-electron chi connectivity index (χ0n) is 10.4. The molecule has 0 aromatic carbocycles. The molecule has 0 aromatic rings. The van der Waals surface area contributed by atoms with E-state index in [1.54, 1.807) is 0 Å². The van der Waals surface area contributed by atoms with Crippen LogP contribution in [0, 0.1) is 0 Å². The molecule has 0 saturated carbocycles. The molecule has 2 heteroatoms. The lowest BCUT2D eigenvalue weighted by atomic mass is 10.2. The molecule has 0 unspecified atom stereocenters. The van der Waals surface area contributed by atoms with Crippen LogP contribution in [0.3, 0.4) is 0 Å². The van der Waals surface area contributed by atoms with E-state index in [1.165, 1.54) is 32.5 Å². The quantitative estimate of drug-likeness (QED) is 0.438. The summed E-state index contributed by atoms with van der Waals surface area (Å²) >= 11 is 0. The smallest absolute Gasteiger partial charge is 0.0784 e. The van der Waals surface area contributed by atoms with Crippen LogP contribution >= 0.6 is 0 Å². The van der Waals surface area contributed by atoms with Crippen LogP contribution in [0.4, 0.5) is 0 Å². The first-order chi connectivity index (χ1) is 5.77. The molecule has 0 amide bonds. The maximum atomic E-state index is 2.31. The van der Waals surface area contributed by atoms with Crippen LogP contribution in [-0.4, -0.2) is 63.8 Å². The lowest BCUT2D eigenvalue weighted by molar-refractivity contribution is -0.890. The minimum atomic E-state index is 1.10. The van der Waals surface area contributed by atoms with Crippen LogP contribution < -0.4 is 0 Å². The molecule has 0 saturated heterocycles. The summed E-state index contributed by atoms with van der Waals surface area (Å²) in [5.74, 6) is 0. The maximum absolute atomic E-state index is 2.31. The van der Waals surface area contributed by atoms with Crippen molar-refractivity contribution < 1.29 is 8.97 Å². The highest BCUT2D eigenvalue weighted by Crippen LogP contribution is 2.03. The summed E-state index contributed by atoms with van der Waals surface area (Å²) in [4.78, 5) is 0. The summed E-state index contributed by atoms with van der Waals surface area (Å²) < 4.78 is 2.26. The van der Waals surface area contributed by atoms with Crippen molar-refractivity contribution in [3.63, 3.8) is 0 Å². The predicted octanol–water partition coefficient (Wildman–Crippen LogP) is 1.57. The average Bonchev–Trinajstić information content (AvgIpc) is 1.97. The number of nitrogens with zero attached hydrogens (tertiary/aromatic N) is 2. The van der Waals surface area contributed by atoms with Crippen LogP contribution in [0.25, 0.3) is 0 Å². The summed E-state index contributed by atoms with van der Waals surface area (Å²) in [7, 11) is 11.4. The monoisotopic (exact) mass is 188 g/mol. The van der Waals surface area contributed by atoms with E-state index in [0.29, 0.717) is 0 Å². The van der Waals surface area contributed by atoms with Crippen molar-refractivity contribution in [1.29, 1.82) is 0 Å². The molecule has 0 N–H and O–H groups in total. The second kappa shape index (κ2) is 4.97. The highest BCUT2D eigenvalue weighted by atomic mass is 15.3. The molecule has 0 bridgehead atoms. The van der Waals surface area contributed by atoms with Gasteiger partial charge in [0.15, 0.2) is 0 Å². The number of rotatable bonds is 6.